The van der Waals surface area contributed by atoms with E-state index in [4.69, 9.17) is 5.84 Å². The standard InChI is InChI=1S/C16H25N3O/c1-2-12-7-9-13(10-8-12)11-18-16(20)14-5-3-4-6-15(14)19-17/h3-6,12-13,19H,2,7-11,17H2,1H3,(H,18,20). The molecule has 1 amide bonds. The number of carbonyl (C=O) groups excluding carboxylic acids is 1. The second-order valence-corrected chi connectivity index (χ2v) is 5.69. The van der Waals surface area contributed by atoms with Gasteiger partial charge in [-0.15, -0.1) is 0 Å². The van der Waals surface area contributed by atoms with E-state index < -0.39 is 0 Å². The minimum atomic E-state index is -0.0452. The van der Waals surface area contributed by atoms with Crippen LogP contribution in [0.1, 0.15) is 49.4 Å². The molecule has 1 saturated carbocycles. The molecule has 1 aliphatic rings. The summed E-state index contributed by atoms with van der Waals surface area (Å²) in [6.07, 6.45) is 6.36. The Labute approximate surface area is 121 Å². The van der Waals surface area contributed by atoms with Gasteiger partial charge in [-0.25, -0.2) is 0 Å². The molecule has 0 atom stereocenters. The maximum Gasteiger partial charge on any atom is 0.253 e. The lowest BCUT2D eigenvalue weighted by Crippen LogP contribution is -2.32. The Morgan fingerprint density at radius 1 is 1.20 bits per heavy atom. The number of hydrogen-bond acceptors (Lipinski definition) is 3. The number of para-hydroxylation sites is 1. The molecule has 0 unspecified atom stereocenters. The minimum absolute atomic E-state index is 0.0452. The van der Waals surface area contributed by atoms with E-state index >= 15 is 0 Å². The first-order chi connectivity index (χ1) is 9.74. The van der Waals surface area contributed by atoms with E-state index in [0.29, 0.717) is 17.2 Å². The van der Waals surface area contributed by atoms with Gasteiger partial charge in [0.25, 0.3) is 5.91 Å². The quantitative estimate of drug-likeness (QED) is 0.572. The molecule has 1 aromatic carbocycles. The van der Waals surface area contributed by atoms with Crippen molar-refractivity contribution >= 4 is 11.6 Å². The molecule has 110 valence electrons. The second-order valence-electron chi connectivity index (χ2n) is 5.69. The Bertz CT molecular complexity index is 439. The molecule has 0 heterocycles. The lowest BCUT2D eigenvalue weighted by Gasteiger charge is -2.27. The molecule has 1 aliphatic carbocycles. The highest BCUT2D eigenvalue weighted by atomic mass is 16.1. The summed E-state index contributed by atoms with van der Waals surface area (Å²) >= 11 is 0. The first kappa shape index (κ1) is 14.9. The number of rotatable bonds is 5. The van der Waals surface area contributed by atoms with Crippen LogP contribution in [-0.2, 0) is 0 Å². The number of nitrogen functional groups attached to an aromatic ring is 1. The average Bonchev–Trinajstić information content (AvgIpc) is 2.53. The van der Waals surface area contributed by atoms with Crippen molar-refractivity contribution in [3.8, 4) is 0 Å². The molecular weight excluding hydrogens is 250 g/mol. The van der Waals surface area contributed by atoms with Gasteiger partial charge in [0, 0.05) is 6.54 Å². The predicted molar refractivity (Wildman–Crippen MR) is 82.3 cm³/mol. The monoisotopic (exact) mass is 275 g/mol. The molecule has 0 saturated heterocycles. The first-order valence-corrected chi connectivity index (χ1v) is 7.58. The zero-order valence-electron chi connectivity index (χ0n) is 12.2. The van der Waals surface area contributed by atoms with Crippen molar-refractivity contribution in [3.05, 3.63) is 29.8 Å². The summed E-state index contributed by atoms with van der Waals surface area (Å²) in [5.41, 5.74) is 3.84. The van der Waals surface area contributed by atoms with Gasteiger partial charge in [0.15, 0.2) is 0 Å². The van der Waals surface area contributed by atoms with E-state index in [1.54, 1.807) is 12.1 Å². The van der Waals surface area contributed by atoms with Gasteiger partial charge in [-0.2, -0.15) is 0 Å². The second kappa shape index (κ2) is 7.29. The number of benzene rings is 1. The third kappa shape index (κ3) is 3.73. The van der Waals surface area contributed by atoms with E-state index in [-0.39, 0.29) is 5.91 Å². The molecule has 0 radical (unpaired) electrons. The smallest absolute Gasteiger partial charge is 0.253 e. The Morgan fingerprint density at radius 2 is 1.85 bits per heavy atom. The van der Waals surface area contributed by atoms with Gasteiger partial charge in [-0.3, -0.25) is 10.6 Å². The maximum atomic E-state index is 12.2. The molecule has 0 aromatic heterocycles. The number of hydrogen-bond donors (Lipinski definition) is 3. The Morgan fingerprint density at radius 3 is 2.50 bits per heavy atom. The van der Waals surface area contributed by atoms with Crippen LogP contribution < -0.4 is 16.6 Å². The molecule has 4 N–H and O–H groups in total. The van der Waals surface area contributed by atoms with Crippen LogP contribution in [0, 0.1) is 11.8 Å². The van der Waals surface area contributed by atoms with E-state index in [1.165, 1.54) is 32.1 Å². The van der Waals surface area contributed by atoms with Crippen LogP contribution in [0.2, 0.25) is 0 Å². The van der Waals surface area contributed by atoms with E-state index in [0.717, 1.165) is 12.5 Å². The molecule has 20 heavy (non-hydrogen) atoms. The summed E-state index contributed by atoms with van der Waals surface area (Å²) in [5.74, 6) is 6.90. The van der Waals surface area contributed by atoms with Gasteiger partial charge in [-0.1, -0.05) is 38.3 Å². The summed E-state index contributed by atoms with van der Waals surface area (Å²) in [4.78, 5) is 12.2. The van der Waals surface area contributed by atoms with Crippen LogP contribution >= 0.6 is 0 Å². The average molecular weight is 275 g/mol. The lowest BCUT2D eigenvalue weighted by atomic mass is 9.81. The van der Waals surface area contributed by atoms with Crippen LogP contribution in [-0.4, -0.2) is 12.5 Å². The first-order valence-electron chi connectivity index (χ1n) is 7.58. The Balaban J connectivity index is 1.83. The topological polar surface area (TPSA) is 67.2 Å². The van der Waals surface area contributed by atoms with Crippen LogP contribution in [0.3, 0.4) is 0 Å². The van der Waals surface area contributed by atoms with Gasteiger partial charge >= 0.3 is 0 Å². The molecule has 4 heteroatoms. The zero-order chi connectivity index (χ0) is 14.4. The van der Waals surface area contributed by atoms with Crippen molar-refractivity contribution in [1.82, 2.24) is 5.32 Å². The lowest BCUT2D eigenvalue weighted by molar-refractivity contribution is 0.0942. The Kier molecular flexibility index (Phi) is 5.41. The fourth-order valence-corrected chi connectivity index (χ4v) is 2.98. The summed E-state index contributed by atoms with van der Waals surface area (Å²) in [5, 5.41) is 3.04. The fraction of sp³-hybridized carbons (Fsp3) is 0.562. The van der Waals surface area contributed by atoms with Crippen LogP contribution in [0.4, 0.5) is 5.69 Å². The third-order valence-electron chi connectivity index (χ3n) is 4.42. The molecular formula is C16H25N3O. The number of hydrazine groups is 1. The fourth-order valence-electron chi connectivity index (χ4n) is 2.98. The summed E-state index contributed by atoms with van der Waals surface area (Å²) in [7, 11) is 0. The molecule has 1 fully saturated rings. The summed E-state index contributed by atoms with van der Waals surface area (Å²) < 4.78 is 0. The highest BCUT2D eigenvalue weighted by Crippen LogP contribution is 2.30. The van der Waals surface area contributed by atoms with Gasteiger partial charge in [-0.05, 0) is 36.8 Å². The van der Waals surface area contributed by atoms with Gasteiger partial charge in [0.05, 0.1) is 11.3 Å². The Hall–Kier alpha value is -1.55. The van der Waals surface area contributed by atoms with Gasteiger partial charge in [0.2, 0.25) is 0 Å². The van der Waals surface area contributed by atoms with Crippen molar-refractivity contribution in [2.45, 2.75) is 39.0 Å². The molecule has 0 aliphatic heterocycles. The third-order valence-corrected chi connectivity index (χ3v) is 4.42. The predicted octanol–water partition coefficient (Wildman–Crippen LogP) is 2.92. The molecule has 4 nitrogen and oxygen atoms in total. The van der Waals surface area contributed by atoms with E-state index in [9.17, 15) is 4.79 Å². The van der Waals surface area contributed by atoms with Crippen LogP contribution in [0.25, 0.3) is 0 Å². The van der Waals surface area contributed by atoms with E-state index in [2.05, 4.69) is 17.7 Å². The highest BCUT2D eigenvalue weighted by Gasteiger charge is 2.20. The molecule has 1 aromatic rings. The molecule has 0 spiro atoms. The van der Waals surface area contributed by atoms with Crippen molar-refractivity contribution in [1.29, 1.82) is 0 Å². The van der Waals surface area contributed by atoms with Crippen molar-refractivity contribution in [2.24, 2.45) is 17.7 Å². The number of amides is 1. The number of nitrogens with two attached hydrogens (primary N) is 1. The zero-order valence-corrected chi connectivity index (χ0v) is 12.2. The van der Waals surface area contributed by atoms with Gasteiger partial charge < -0.3 is 10.7 Å². The van der Waals surface area contributed by atoms with Crippen molar-refractivity contribution in [2.75, 3.05) is 12.0 Å². The number of carbonyl (C=O) groups is 1. The number of anilines is 1. The SMILES string of the molecule is CCC1CCC(CNC(=O)c2ccccc2NN)CC1. The molecule has 0 bridgehead atoms. The summed E-state index contributed by atoms with van der Waals surface area (Å²) in [6.45, 7) is 3.04. The van der Waals surface area contributed by atoms with Crippen molar-refractivity contribution in [3.63, 3.8) is 0 Å². The molecule has 2 rings (SSSR count). The maximum absolute atomic E-state index is 12.2. The largest absolute Gasteiger partial charge is 0.352 e. The van der Waals surface area contributed by atoms with Crippen molar-refractivity contribution < 1.29 is 4.79 Å². The summed E-state index contributed by atoms with van der Waals surface area (Å²) in [6, 6.07) is 7.31. The minimum Gasteiger partial charge on any atom is -0.352 e. The number of nitrogens with one attached hydrogen (secondary N) is 2. The highest BCUT2D eigenvalue weighted by molar-refractivity contribution is 5.99. The van der Waals surface area contributed by atoms with Crippen LogP contribution in [0.15, 0.2) is 24.3 Å². The van der Waals surface area contributed by atoms with Crippen LogP contribution in [0.5, 0.6) is 0 Å². The van der Waals surface area contributed by atoms with E-state index in [1.807, 2.05) is 12.1 Å². The normalized spacial score (nSPS) is 22.3. The van der Waals surface area contributed by atoms with Gasteiger partial charge in [0.1, 0.15) is 0 Å².